The normalized spacial score (nSPS) is 10.7. The van der Waals surface area contributed by atoms with Gasteiger partial charge in [0.15, 0.2) is 11.5 Å². The molecule has 0 radical (unpaired) electrons. The van der Waals surface area contributed by atoms with Crippen LogP contribution in [0.15, 0.2) is 69.9 Å². The van der Waals surface area contributed by atoms with E-state index in [9.17, 15) is 4.79 Å². The average molecular weight is 418 g/mol. The van der Waals surface area contributed by atoms with Crippen molar-refractivity contribution in [3.05, 3.63) is 70.9 Å². The zero-order valence-electron chi connectivity index (χ0n) is 17.7. The number of rotatable bonds is 6. The van der Waals surface area contributed by atoms with Crippen molar-refractivity contribution in [2.45, 2.75) is 0 Å². The van der Waals surface area contributed by atoms with E-state index in [1.165, 1.54) is 21.3 Å². The SMILES string of the molecule is COc1ccc(-c2oc3ccccc3c(=O)c2-c2cc(OC)c(OC)c(OC)c2)cc1. The molecule has 158 valence electrons. The van der Waals surface area contributed by atoms with Crippen LogP contribution in [0.2, 0.25) is 0 Å². The van der Waals surface area contributed by atoms with Gasteiger partial charge in [0.05, 0.1) is 39.4 Å². The van der Waals surface area contributed by atoms with Gasteiger partial charge in [0.2, 0.25) is 11.2 Å². The van der Waals surface area contributed by atoms with E-state index in [0.717, 1.165) is 5.56 Å². The van der Waals surface area contributed by atoms with Crippen molar-refractivity contribution in [1.82, 2.24) is 0 Å². The fourth-order valence-corrected chi connectivity index (χ4v) is 3.58. The summed E-state index contributed by atoms with van der Waals surface area (Å²) in [6.07, 6.45) is 0. The highest BCUT2D eigenvalue weighted by molar-refractivity contribution is 5.90. The van der Waals surface area contributed by atoms with Crippen LogP contribution in [-0.4, -0.2) is 28.4 Å². The largest absolute Gasteiger partial charge is 0.497 e. The number of hydrogen-bond acceptors (Lipinski definition) is 6. The van der Waals surface area contributed by atoms with E-state index in [0.29, 0.717) is 50.9 Å². The molecule has 0 atom stereocenters. The number of fused-ring (bicyclic) bond motifs is 1. The average Bonchev–Trinajstić information content (AvgIpc) is 2.83. The molecule has 0 saturated heterocycles. The smallest absolute Gasteiger partial charge is 0.203 e. The van der Waals surface area contributed by atoms with Crippen LogP contribution in [0.5, 0.6) is 23.0 Å². The topological polar surface area (TPSA) is 67.1 Å². The lowest BCUT2D eigenvalue weighted by Crippen LogP contribution is -2.08. The zero-order chi connectivity index (χ0) is 22.0. The Labute approximate surface area is 179 Å². The van der Waals surface area contributed by atoms with Gasteiger partial charge >= 0.3 is 0 Å². The minimum Gasteiger partial charge on any atom is -0.497 e. The van der Waals surface area contributed by atoms with Gasteiger partial charge in [0, 0.05) is 5.56 Å². The van der Waals surface area contributed by atoms with Crippen LogP contribution in [0.1, 0.15) is 0 Å². The van der Waals surface area contributed by atoms with E-state index in [4.69, 9.17) is 23.4 Å². The summed E-state index contributed by atoms with van der Waals surface area (Å²) >= 11 is 0. The van der Waals surface area contributed by atoms with Crippen molar-refractivity contribution in [3.63, 3.8) is 0 Å². The first kappa shape index (κ1) is 20.3. The van der Waals surface area contributed by atoms with Crippen LogP contribution in [-0.2, 0) is 0 Å². The van der Waals surface area contributed by atoms with Crippen molar-refractivity contribution < 1.29 is 23.4 Å². The van der Waals surface area contributed by atoms with Crippen molar-refractivity contribution in [2.24, 2.45) is 0 Å². The summed E-state index contributed by atoms with van der Waals surface area (Å²) in [5.41, 5.74) is 2.10. The lowest BCUT2D eigenvalue weighted by Gasteiger charge is -2.16. The maximum atomic E-state index is 13.6. The molecule has 0 N–H and O–H groups in total. The highest BCUT2D eigenvalue weighted by Gasteiger charge is 2.22. The van der Waals surface area contributed by atoms with Gasteiger partial charge in [0.1, 0.15) is 17.1 Å². The van der Waals surface area contributed by atoms with Gasteiger partial charge in [-0.3, -0.25) is 4.79 Å². The first-order valence-corrected chi connectivity index (χ1v) is 9.62. The number of ether oxygens (including phenoxy) is 4. The maximum absolute atomic E-state index is 13.6. The third-order valence-electron chi connectivity index (χ3n) is 5.10. The molecule has 31 heavy (non-hydrogen) atoms. The molecule has 0 bridgehead atoms. The summed E-state index contributed by atoms with van der Waals surface area (Å²) in [4.78, 5) is 13.6. The second kappa shape index (κ2) is 8.44. The van der Waals surface area contributed by atoms with E-state index >= 15 is 0 Å². The molecule has 4 aromatic rings. The molecule has 3 aromatic carbocycles. The van der Waals surface area contributed by atoms with Crippen LogP contribution in [0.25, 0.3) is 33.4 Å². The molecule has 0 unspecified atom stereocenters. The van der Waals surface area contributed by atoms with Gasteiger partial charge < -0.3 is 23.4 Å². The Kier molecular flexibility index (Phi) is 5.54. The fourth-order valence-electron chi connectivity index (χ4n) is 3.58. The number of benzene rings is 3. The minimum atomic E-state index is -0.151. The predicted molar refractivity (Wildman–Crippen MR) is 120 cm³/mol. The molecular weight excluding hydrogens is 396 g/mol. The quantitative estimate of drug-likeness (QED) is 0.431. The van der Waals surface area contributed by atoms with Gasteiger partial charge in [-0.2, -0.15) is 0 Å². The molecule has 0 fully saturated rings. The monoisotopic (exact) mass is 418 g/mol. The Bertz CT molecular complexity index is 1260. The molecule has 6 nitrogen and oxygen atoms in total. The van der Waals surface area contributed by atoms with E-state index in [1.54, 1.807) is 31.4 Å². The molecule has 6 heteroatoms. The van der Waals surface area contributed by atoms with E-state index in [1.807, 2.05) is 36.4 Å². The van der Waals surface area contributed by atoms with Crippen LogP contribution in [0, 0.1) is 0 Å². The second-order valence-electron chi connectivity index (χ2n) is 6.77. The maximum Gasteiger partial charge on any atom is 0.203 e. The van der Waals surface area contributed by atoms with Gasteiger partial charge in [-0.15, -0.1) is 0 Å². The van der Waals surface area contributed by atoms with Crippen molar-refractivity contribution in [1.29, 1.82) is 0 Å². The van der Waals surface area contributed by atoms with Crippen molar-refractivity contribution in [2.75, 3.05) is 28.4 Å². The van der Waals surface area contributed by atoms with Crippen LogP contribution in [0.4, 0.5) is 0 Å². The third kappa shape index (κ3) is 3.57. The summed E-state index contributed by atoms with van der Waals surface area (Å²) in [7, 11) is 6.21. The van der Waals surface area contributed by atoms with Gasteiger partial charge in [-0.1, -0.05) is 12.1 Å². The van der Waals surface area contributed by atoms with Crippen molar-refractivity contribution in [3.8, 4) is 45.4 Å². The molecular formula is C25H22O6. The molecule has 1 heterocycles. The molecule has 0 aliphatic rings. The number of methoxy groups -OCH3 is 4. The number of para-hydroxylation sites is 1. The van der Waals surface area contributed by atoms with Crippen molar-refractivity contribution >= 4 is 11.0 Å². The molecule has 0 spiro atoms. The zero-order valence-corrected chi connectivity index (χ0v) is 17.7. The van der Waals surface area contributed by atoms with Gasteiger partial charge in [0.25, 0.3) is 0 Å². The summed E-state index contributed by atoms with van der Waals surface area (Å²) < 4.78 is 27.9. The Hall–Kier alpha value is -3.93. The third-order valence-corrected chi connectivity index (χ3v) is 5.10. The number of hydrogen-bond donors (Lipinski definition) is 0. The Balaban J connectivity index is 2.07. The van der Waals surface area contributed by atoms with E-state index < -0.39 is 0 Å². The molecule has 0 aliphatic carbocycles. The standard InChI is InChI=1S/C25H22O6/c1-27-17-11-9-15(10-12-17)24-22(23(26)18-7-5-6-8-19(18)31-24)16-13-20(28-2)25(30-4)21(14-16)29-3/h5-14H,1-4H3. The van der Waals surface area contributed by atoms with E-state index in [2.05, 4.69) is 0 Å². The lowest BCUT2D eigenvalue weighted by molar-refractivity contribution is 0.324. The minimum absolute atomic E-state index is 0.151. The van der Waals surface area contributed by atoms with Crippen LogP contribution >= 0.6 is 0 Å². The molecule has 0 aliphatic heterocycles. The summed E-state index contributed by atoms with van der Waals surface area (Å²) in [5.74, 6) is 2.50. The van der Waals surface area contributed by atoms with E-state index in [-0.39, 0.29) is 5.43 Å². The molecule has 4 rings (SSSR count). The highest BCUT2D eigenvalue weighted by Crippen LogP contribution is 2.43. The highest BCUT2D eigenvalue weighted by atomic mass is 16.5. The van der Waals surface area contributed by atoms with Crippen LogP contribution < -0.4 is 24.4 Å². The first-order chi connectivity index (χ1) is 15.1. The molecule has 1 aromatic heterocycles. The summed E-state index contributed by atoms with van der Waals surface area (Å²) in [6.45, 7) is 0. The first-order valence-electron chi connectivity index (χ1n) is 9.62. The Morgan fingerprint density at radius 1 is 0.710 bits per heavy atom. The van der Waals surface area contributed by atoms with Gasteiger partial charge in [-0.25, -0.2) is 0 Å². The fraction of sp³-hybridized carbons (Fsp3) is 0.160. The molecule has 0 saturated carbocycles. The summed E-state index contributed by atoms with van der Waals surface area (Å²) in [5, 5.41) is 0.489. The predicted octanol–water partition coefficient (Wildman–Crippen LogP) is 5.16. The summed E-state index contributed by atoms with van der Waals surface area (Å²) in [6, 6.07) is 18.0. The van der Waals surface area contributed by atoms with Gasteiger partial charge in [-0.05, 0) is 54.1 Å². The Morgan fingerprint density at radius 2 is 1.35 bits per heavy atom. The van der Waals surface area contributed by atoms with Crippen LogP contribution in [0.3, 0.4) is 0 Å². The lowest BCUT2D eigenvalue weighted by atomic mass is 9.97. The Morgan fingerprint density at radius 3 is 1.94 bits per heavy atom. The second-order valence-corrected chi connectivity index (χ2v) is 6.77. The molecule has 0 amide bonds.